The van der Waals surface area contributed by atoms with Crippen LogP contribution in [0.2, 0.25) is 0 Å². The molecule has 0 unspecified atom stereocenters. The van der Waals surface area contributed by atoms with E-state index in [1.54, 1.807) is 6.92 Å². The minimum absolute atomic E-state index is 0.0769. The average molecular weight is 290 g/mol. The third kappa shape index (κ3) is 3.37. The zero-order valence-electron chi connectivity index (χ0n) is 9.95. The molecular weight excluding hydrogens is 281 g/mol. The Labute approximate surface area is 110 Å². The van der Waals surface area contributed by atoms with Crippen molar-refractivity contribution >= 4 is 17.6 Å². The molecule has 2 aromatic heterocycles. The van der Waals surface area contributed by atoms with Gasteiger partial charge in [-0.25, -0.2) is 15.0 Å². The molecule has 1 N–H and O–H groups in total. The lowest BCUT2D eigenvalue weighted by molar-refractivity contribution is -0.145. The van der Waals surface area contributed by atoms with Gasteiger partial charge >= 0.3 is 6.18 Å². The van der Waals surface area contributed by atoms with Gasteiger partial charge in [0.15, 0.2) is 0 Å². The number of nitrogens with zero attached hydrogens (tertiary/aromatic N) is 3. The van der Waals surface area contributed by atoms with Crippen LogP contribution in [0.1, 0.15) is 11.5 Å². The molecule has 0 amide bonds. The summed E-state index contributed by atoms with van der Waals surface area (Å²) >= 11 is 0.899. The predicted octanol–water partition coefficient (Wildman–Crippen LogP) is 2.98. The smallest absolute Gasteiger partial charge is 0.439 e. The second kappa shape index (κ2) is 5.08. The first kappa shape index (κ1) is 13.7. The molecule has 2 heterocycles. The minimum Gasteiger partial charge on any atom is -0.439 e. The van der Waals surface area contributed by atoms with Crippen LogP contribution >= 0.6 is 11.8 Å². The summed E-state index contributed by atoms with van der Waals surface area (Å²) in [7, 11) is 1.48. The summed E-state index contributed by atoms with van der Waals surface area (Å²) < 4.78 is 42.9. The van der Waals surface area contributed by atoms with Crippen molar-refractivity contribution in [2.45, 2.75) is 23.3 Å². The Morgan fingerprint density at radius 3 is 2.53 bits per heavy atom. The number of hydrogen-bond acceptors (Lipinski definition) is 6. The highest BCUT2D eigenvalue weighted by Gasteiger charge is 2.35. The lowest BCUT2D eigenvalue weighted by atomic mass is 10.5. The Morgan fingerprint density at radius 1 is 1.26 bits per heavy atom. The number of alkyl halides is 3. The number of nitrogens with one attached hydrogen (secondary N) is 1. The molecule has 0 radical (unpaired) electrons. The van der Waals surface area contributed by atoms with Crippen LogP contribution in [0, 0.1) is 6.92 Å². The standard InChI is InChI=1S/C10H9F3N4OS/c1-5-4-18-9(15-5)19-7-3-6(14-2)16-8(17-7)10(11,12)13/h3-4H,1-2H3,(H,14,16,17). The van der Waals surface area contributed by atoms with Crippen molar-refractivity contribution in [2.75, 3.05) is 12.4 Å². The van der Waals surface area contributed by atoms with Crippen molar-refractivity contribution < 1.29 is 17.6 Å². The van der Waals surface area contributed by atoms with Gasteiger partial charge in [-0.15, -0.1) is 0 Å². The predicted molar refractivity (Wildman–Crippen MR) is 61.9 cm³/mol. The van der Waals surface area contributed by atoms with Gasteiger partial charge in [0.25, 0.3) is 5.22 Å². The Morgan fingerprint density at radius 2 is 2.00 bits per heavy atom. The molecular formula is C10H9F3N4OS. The average Bonchev–Trinajstić information content (AvgIpc) is 2.73. The lowest BCUT2D eigenvalue weighted by Gasteiger charge is -2.08. The van der Waals surface area contributed by atoms with E-state index >= 15 is 0 Å². The van der Waals surface area contributed by atoms with Crippen LogP contribution in [0.5, 0.6) is 0 Å². The molecule has 19 heavy (non-hydrogen) atoms. The van der Waals surface area contributed by atoms with Crippen LogP contribution in [0.4, 0.5) is 19.0 Å². The molecule has 9 heteroatoms. The van der Waals surface area contributed by atoms with E-state index in [2.05, 4.69) is 20.3 Å². The summed E-state index contributed by atoms with van der Waals surface area (Å²) in [5.74, 6) is -1.13. The first-order valence-corrected chi connectivity index (χ1v) is 5.94. The Bertz CT molecular complexity index is 584. The molecule has 0 spiro atoms. The maximum atomic E-state index is 12.6. The van der Waals surface area contributed by atoms with Gasteiger partial charge in [0.1, 0.15) is 17.1 Å². The second-order valence-electron chi connectivity index (χ2n) is 3.52. The third-order valence-electron chi connectivity index (χ3n) is 2.00. The van der Waals surface area contributed by atoms with Crippen molar-refractivity contribution in [3.8, 4) is 0 Å². The zero-order valence-corrected chi connectivity index (χ0v) is 10.8. The Balaban J connectivity index is 2.34. The number of rotatable bonds is 3. The molecule has 0 aromatic carbocycles. The number of anilines is 1. The van der Waals surface area contributed by atoms with Gasteiger partial charge in [-0.1, -0.05) is 0 Å². The summed E-state index contributed by atoms with van der Waals surface area (Å²) in [4.78, 5) is 10.8. The molecule has 2 rings (SSSR count). The van der Waals surface area contributed by atoms with Crippen LogP contribution in [-0.4, -0.2) is 22.0 Å². The molecule has 0 aliphatic heterocycles. The van der Waals surface area contributed by atoms with Crippen LogP contribution in [0.3, 0.4) is 0 Å². The molecule has 0 aliphatic rings. The highest BCUT2D eigenvalue weighted by Crippen LogP contribution is 2.31. The molecule has 0 atom stereocenters. The monoisotopic (exact) mass is 290 g/mol. The van der Waals surface area contributed by atoms with Gasteiger partial charge < -0.3 is 9.73 Å². The zero-order chi connectivity index (χ0) is 14.0. The van der Waals surface area contributed by atoms with E-state index in [1.165, 1.54) is 19.4 Å². The molecule has 0 aliphatic carbocycles. The summed E-state index contributed by atoms with van der Waals surface area (Å²) in [6, 6.07) is 1.39. The molecule has 0 fully saturated rings. The van der Waals surface area contributed by atoms with Crippen LogP contribution in [-0.2, 0) is 6.18 Å². The topological polar surface area (TPSA) is 63.8 Å². The summed E-state index contributed by atoms with van der Waals surface area (Å²) in [6.45, 7) is 1.72. The quantitative estimate of drug-likeness (QED) is 0.877. The largest absolute Gasteiger partial charge is 0.451 e. The maximum absolute atomic E-state index is 12.6. The number of oxazole rings is 1. The van der Waals surface area contributed by atoms with E-state index in [0.29, 0.717) is 5.69 Å². The second-order valence-corrected chi connectivity index (χ2v) is 4.49. The van der Waals surface area contributed by atoms with Crippen molar-refractivity contribution in [3.05, 3.63) is 23.8 Å². The van der Waals surface area contributed by atoms with Gasteiger partial charge in [0, 0.05) is 13.1 Å². The fourth-order valence-electron chi connectivity index (χ4n) is 1.20. The number of halogens is 3. The number of aromatic nitrogens is 3. The van der Waals surface area contributed by atoms with E-state index in [0.717, 1.165) is 11.8 Å². The van der Waals surface area contributed by atoms with Gasteiger partial charge in [-0.05, 0) is 18.7 Å². The van der Waals surface area contributed by atoms with E-state index in [9.17, 15) is 13.2 Å². The normalized spacial score (nSPS) is 11.6. The van der Waals surface area contributed by atoms with E-state index in [1.807, 2.05) is 0 Å². The lowest BCUT2D eigenvalue weighted by Crippen LogP contribution is -2.12. The van der Waals surface area contributed by atoms with Crippen LogP contribution in [0.25, 0.3) is 0 Å². The van der Waals surface area contributed by atoms with Gasteiger partial charge in [-0.2, -0.15) is 13.2 Å². The molecule has 0 saturated carbocycles. The van der Waals surface area contributed by atoms with Crippen molar-refractivity contribution in [2.24, 2.45) is 0 Å². The highest BCUT2D eigenvalue weighted by molar-refractivity contribution is 7.99. The molecule has 5 nitrogen and oxygen atoms in total. The Hall–Kier alpha value is -1.77. The van der Waals surface area contributed by atoms with Gasteiger partial charge in [0.2, 0.25) is 5.82 Å². The van der Waals surface area contributed by atoms with Gasteiger partial charge in [-0.3, -0.25) is 0 Å². The summed E-state index contributed by atoms with van der Waals surface area (Å²) in [6.07, 6.45) is -3.19. The van der Waals surface area contributed by atoms with Gasteiger partial charge in [0.05, 0.1) is 5.69 Å². The minimum atomic E-state index is -4.60. The van der Waals surface area contributed by atoms with E-state index < -0.39 is 12.0 Å². The van der Waals surface area contributed by atoms with Crippen LogP contribution in [0.15, 0.2) is 27.0 Å². The Kier molecular flexibility index (Phi) is 3.65. The third-order valence-corrected chi connectivity index (χ3v) is 2.78. The van der Waals surface area contributed by atoms with E-state index in [-0.39, 0.29) is 16.1 Å². The fourth-order valence-corrected chi connectivity index (χ4v) is 1.97. The SMILES string of the molecule is CNc1cc(Sc2nc(C)co2)nc(C(F)(F)F)n1. The molecule has 102 valence electrons. The van der Waals surface area contributed by atoms with Crippen molar-refractivity contribution in [3.63, 3.8) is 0 Å². The van der Waals surface area contributed by atoms with E-state index in [4.69, 9.17) is 4.42 Å². The first-order valence-electron chi connectivity index (χ1n) is 5.12. The summed E-state index contributed by atoms with van der Waals surface area (Å²) in [5.41, 5.74) is 0.640. The van der Waals surface area contributed by atoms with Crippen molar-refractivity contribution in [1.82, 2.24) is 15.0 Å². The number of aryl methyl sites for hydroxylation is 1. The maximum Gasteiger partial charge on any atom is 0.451 e. The highest BCUT2D eigenvalue weighted by atomic mass is 32.2. The van der Waals surface area contributed by atoms with Crippen LogP contribution < -0.4 is 5.32 Å². The summed E-state index contributed by atoms with van der Waals surface area (Å²) in [5, 5.41) is 2.89. The fraction of sp³-hybridized carbons (Fsp3) is 0.300. The molecule has 0 bridgehead atoms. The first-order chi connectivity index (χ1) is 8.88. The molecule has 2 aromatic rings. The molecule has 0 saturated heterocycles. The van der Waals surface area contributed by atoms with Crippen molar-refractivity contribution in [1.29, 1.82) is 0 Å². The number of hydrogen-bond donors (Lipinski definition) is 1.